The maximum absolute atomic E-state index is 5.87. The highest BCUT2D eigenvalue weighted by Gasteiger charge is 2.08. The van der Waals surface area contributed by atoms with Gasteiger partial charge >= 0.3 is 0 Å². The number of hydrogen-bond donors (Lipinski definition) is 1. The zero-order valence-corrected chi connectivity index (χ0v) is 12.7. The number of hydrogen-bond acceptors (Lipinski definition) is 4. The molecule has 0 saturated carbocycles. The summed E-state index contributed by atoms with van der Waals surface area (Å²) in [5.41, 5.74) is 2.22. The summed E-state index contributed by atoms with van der Waals surface area (Å²) in [4.78, 5) is 4.53. The molecule has 1 heterocycles. The summed E-state index contributed by atoms with van der Waals surface area (Å²) in [5.74, 6) is 2.48. The van der Waals surface area contributed by atoms with E-state index in [0.29, 0.717) is 6.61 Å². The fourth-order valence-corrected chi connectivity index (χ4v) is 2.43. The highest BCUT2D eigenvalue weighted by molar-refractivity contribution is 5.99. The van der Waals surface area contributed by atoms with E-state index in [1.165, 1.54) is 0 Å². The van der Waals surface area contributed by atoms with Crippen molar-refractivity contribution in [3.63, 3.8) is 0 Å². The molecule has 0 unspecified atom stereocenters. The van der Waals surface area contributed by atoms with Gasteiger partial charge in [0, 0.05) is 18.7 Å². The van der Waals surface area contributed by atoms with Crippen molar-refractivity contribution in [1.82, 2.24) is 5.32 Å². The number of para-hydroxylation sites is 2. The van der Waals surface area contributed by atoms with Crippen LogP contribution in [0.5, 0.6) is 11.5 Å². The third-order valence-corrected chi connectivity index (χ3v) is 3.56. The maximum atomic E-state index is 5.87. The van der Waals surface area contributed by atoms with Gasteiger partial charge in [-0.15, -0.1) is 0 Å². The van der Waals surface area contributed by atoms with Crippen LogP contribution in [0.2, 0.25) is 0 Å². The van der Waals surface area contributed by atoms with Gasteiger partial charge in [-0.25, -0.2) is 0 Å². The van der Waals surface area contributed by atoms with Crippen molar-refractivity contribution in [2.45, 2.75) is 13.0 Å². The van der Waals surface area contributed by atoms with E-state index in [1.54, 1.807) is 7.11 Å². The van der Waals surface area contributed by atoms with Crippen molar-refractivity contribution >= 4 is 5.84 Å². The SMILES string of the molecule is COc1ccccc1OCc1cccc(C2=NCCCN2)c1. The van der Waals surface area contributed by atoms with E-state index < -0.39 is 0 Å². The molecule has 2 aromatic rings. The van der Waals surface area contributed by atoms with Crippen LogP contribution in [0.25, 0.3) is 0 Å². The molecule has 0 radical (unpaired) electrons. The van der Waals surface area contributed by atoms with Crippen LogP contribution < -0.4 is 14.8 Å². The summed E-state index contributed by atoms with van der Waals surface area (Å²) in [7, 11) is 1.65. The number of benzene rings is 2. The average Bonchev–Trinajstić information content (AvgIpc) is 2.61. The van der Waals surface area contributed by atoms with Gasteiger partial charge in [0.1, 0.15) is 12.4 Å². The molecule has 4 nitrogen and oxygen atoms in total. The monoisotopic (exact) mass is 296 g/mol. The minimum atomic E-state index is 0.501. The van der Waals surface area contributed by atoms with Gasteiger partial charge in [0.15, 0.2) is 11.5 Å². The van der Waals surface area contributed by atoms with E-state index >= 15 is 0 Å². The van der Waals surface area contributed by atoms with Crippen LogP contribution in [0.1, 0.15) is 17.5 Å². The number of methoxy groups -OCH3 is 1. The molecule has 0 amide bonds. The molecule has 3 rings (SSSR count). The van der Waals surface area contributed by atoms with Gasteiger partial charge in [0.05, 0.1) is 7.11 Å². The normalized spacial score (nSPS) is 14.0. The van der Waals surface area contributed by atoms with Crippen molar-refractivity contribution in [1.29, 1.82) is 0 Å². The Morgan fingerprint density at radius 1 is 1.09 bits per heavy atom. The number of nitrogens with one attached hydrogen (secondary N) is 1. The Hall–Kier alpha value is -2.49. The van der Waals surface area contributed by atoms with Gasteiger partial charge in [-0.3, -0.25) is 4.99 Å². The smallest absolute Gasteiger partial charge is 0.161 e. The Kier molecular flexibility index (Phi) is 4.59. The predicted octanol–water partition coefficient (Wildman–Crippen LogP) is 3.01. The summed E-state index contributed by atoms with van der Waals surface area (Å²) in [6.07, 6.45) is 1.10. The second-order valence-electron chi connectivity index (χ2n) is 5.15. The van der Waals surface area contributed by atoms with Crippen LogP contribution in [0, 0.1) is 0 Å². The van der Waals surface area contributed by atoms with Crippen LogP contribution >= 0.6 is 0 Å². The summed E-state index contributed by atoms with van der Waals surface area (Å²) >= 11 is 0. The minimum Gasteiger partial charge on any atom is -0.493 e. The average molecular weight is 296 g/mol. The van der Waals surface area contributed by atoms with Gasteiger partial charge < -0.3 is 14.8 Å². The molecule has 1 N–H and O–H groups in total. The topological polar surface area (TPSA) is 42.9 Å². The van der Waals surface area contributed by atoms with Crippen LogP contribution in [-0.4, -0.2) is 26.0 Å². The Labute approximate surface area is 130 Å². The molecule has 4 heteroatoms. The summed E-state index contributed by atoms with van der Waals surface area (Å²) in [6.45, 7) is 2.38. The van der Waals surface area contributed by atoms with Crippen molar-refractivity contribution in [2.75, 3.05) is 20.2 Å². The third-order valence-electron chi connectivity index (χ3n) is 3.56. The number of aliphatic imine (C=N–C) groups is 1. The van der Waals surface area contributed by atoms with Crippen molar-refractivity contribution in [3.05, 3.63) is 59.7 Å². The predicted molar refractivity (Wildman–Crippen MR) is 87.8 cm³/mol. The Morgan fingerprint density at radius 3 is 2.73 bits per heavy atom. The standard InChI is InChI=1S/C18H20N2O2/c1-21-16-8-2-3-9-17(16)22-13-14-6-4-7-15(12-14)18-19-10-5-11-20-18/h2-4,6-9,12H,5,10-11,13H2,1H3,(H,19,20). The highest BCUT2D eigenvalue weighted by atomic mass is 16.5. The number of amidine groups is 1. The lowest BCUT2D eigenvalue weighted by Gasteiger charge is -2.15. The quantitative estimate of drug-likeness (QED) is 0.922. The van der Waals surface area contributed by atoms with Crippen LogP contribution in [0.4, 0.5) is 0 Å². The molecule has 0 spiro atoms. The van der Waals surface area contributed by atoms with Gasteiger partial charge in [-0.2, -0.15) is 0 Å². The lowest BCUT2D eigenvalue weighted by atomic mass is 10.1. The molecule has 0 aromatic heterocycles. The second kappa shape index (κ2) is 6.98. The fraction of sp³-hybridized carbons (Fsp3) is 0.278. The van der Waals surface area contributed by atoms with Gasteiger partial charge in [0.25, 0.3) is 0 Å². The zero-order valence-electron chi connectivity index (χ0n) is 12.7. The molecule has 0 saturated heterocycles. The van der Waals surface area contributed by atoms with E-state index in [9.17, 15) is 0 Å². The number of nitrogens with zero attached hydrogens (tertiary/aromatic N) is 1. The number of ether oxygens (including phenoxy) is 2. The van der Waals surface area contributed by atoms with E-state index in [2.05, 4.69) is 28.5 Å². The van der Waals surface area contributed by atoms with Crippen LogP contribution in [0.3, 0.4) is 0 Å². The summed E-state index contributed by atoms with van der Waals surface area (Å²) in [5, 5.41) is 3.34. The lowest BCUT2D eigenvalue weighted by Crippen LogP contribution is -2.30. The lowest BCUT2D eigenvalue weighted by molar-refractivity contribution is 0.284. The van der Waals surface area contributed by atoms with Gasteiger partial charge in [-0.05, 0) is 30.2 Å². The molecule has 0 aliphatic carbocycles. The van der Waals surface area contributed by atoms with E-state index in [4.69, 9.17) is 9.47 Å². The Morgan fingerprint density at radius 2 is 1.95 bits per heavy atom. The van der Waals surface area contributed by atoms with E-state index in [1.807, 2.05) is 30.3 Å². The maximum Gasteiger partial charge on any atom is 0.161 e. The first-order valence-corrected chi connectivity index (χ1v) is 7.50. The van der Waals surface area contributed by atoms with E-state index in [0.717, 1.165) is 48.0 Å². The summed E-state index contributed by atoms with van der Waals surface area (Å²) < 4.78 is 11.2. The first-order valence-electron chi connectivity index (χ1n) is 7.50. The first-order chi connectivity index (χ1) is 10.9. The minimum absolute atomic E-state index is 0.501. The summed E-state index contributed by atoms with van der Waals surface area (Å²) in [6, 6.07) is 16.0. The highest BCUT2D eigenvalue weighted by Crippen LogP contribution is 2.26. The number of rotatable bonds is 5. The molecule has 0 atom stereocenters. The first kappa shape index (κ1) is 14.4. The molecule has 1 aliphatic rings. The van der Waals surface area contributed by atoms with Crippen molar-refractivity contribution < 1.29 is 9.47 Å². The largest absolute Gasteiger partial charge is 0.493 e. The zero-order chi connectivity index (χ0) is 15.2. The molecule has 114 valence electrons. The van der Waals surface area contributed by atoms with Gasteiger partial charge in [-0.1, -0.05) is 30.3 Å². The molecule has 0 fully saturated rings. The molecular formula is C18H20N2O2. The van der Waals surface area contributed by atoms with Gasteiger partial charge in [0.2, 0.25) is 0 Å². The molecule has 0 bridgehead atoms. The van der Waals surface area contributed by atoms with Crippen molar-refractivity contribution in [2.24, 2.45) is 4.99 Å². The van der Waals surface area contributed by atoms with Crippen molar-refractivity contribution in [3.8, 4) is 11.5 Å². The Balaban J connectivity index is 1.72. The second-order valence-corrected chi connectivity index (χ2v) is 5.15. The molecule has 1 aliphatic heterocycles. The third kappa shape index (κ3) is 3.39. The Bertz CT molecular complexity index is 668. The molecule has 2 aromatic carbocycles. The van der Waals surface area contributed by atoms with Crippen LogP contribution in [0.15, 0.2) is 53.5 Å². The fourth-order valence-electron chi connectivity index (χ4n) is 2.43. The molecule has 22 heavy (non-hydrogen) atoms. The van der Waals surface area contributed by atoms with E-state index in [-0.39, 0.29) is 0 Å². The molecular weight excluding hydrogens is 276 g/mol. The van der Waals surface area contributed by atoms with Crippen LogP contribution in [-0.2, 0) is 6.61 Å².